The molecule has 0 aromatic carbocycles. The van der Waals surface area contributed by atoms with Crippen LogP contribution < -0.4 is 0 Å². The average molecular weight is 235 g/mol. The van der Waals surface area contributed by atoms with Crippen molar-refractivity contribution in [1.82, 2.24) is 4.31 Å². The molecule has 15 heavy (non-hydrogen) atoms. The van der Waals surface area contributed by atoms with Crippen molar-refractivity contribution < 1.29 is 23.1 Å². The Labute approximate surface area is 87.9 Å². The van der Waals surface area contributed by atoms with E-state index in [9.17, 15) is 18.0 Å². The number of hydrogen-bond donors (Lipinski definition) is 1. The molecular formula is C8H13NO5S. The standard InChI is InChI=1S/C8H13NO5S/c1-6(5-8(11)12)9-7(10)3-2-4-15(9,13)14/h6H,2-5H2,1H3,(H,11,12). The topological polar surface area (TPSA) is 91.8 Å². The van der Waals surface area contributed by atoms with Crippen molar-refractivity contribution in [2.75, 3.05) is 5.75 Å². The minimum absolute atomic E-state index is 0.0807. The Kier molecular flexibility index (Phi) is 3.33. The minimum Gasteiger partial charge on any atom is -0.481 e. The fraction of sp³-hybridized carbons (Fsp3) is 0.750. The molecule has 7 heteroatoms. The first-order valence-corrected chi connectivity index (χ1v) is 6.22. The van der Waals surface area contributed by atoms with Crippen LogP contribution in [0.15, 0.2) is 0 Å². The predicted octanol–water partition coefficient (Wildman–Crippen LogP) is -0.198. The molecule has 6 nitrogen and oxygen atoms in total. The van der Waals surface area contributed by atoms with Crippen molar-refractivity contribution in [3.8, 4) is 0 Å². The Bertz CT molecular complexity index is 374. The van der Waals surface area contributed by atoms with Gasteiger partial charge in [0.1, 0.15) is 0 Å². The van der Waals surface area contributed by atoms with Crippen LogP contribution in [0.25, 0.3) is 0 Å². The molecule has 1 rings (SSSR count). The summed E-state index contributed by atoms with van der Waals surface area (Å²) in [5.74, 6) is -1.70. The molecule has 0 aromatic heterocycles. The van der Waals surface area contributed by atoms with E-state index < -0.39 is 27.9 Å². The van der Waals surface area contributed by atoms with Gasteiger partial charge >= 0.3 is 5.97 Å². The molecule has 1 amide bonds. The summed E-state index contributed by atoms with van der Waals surface area (Å²) in [5, 5.41) is 8.54. The lowest BCUT2D eigenvalue weighted by molar-refractivity contribution is -0.138. The highest BCUT2D eigenvalue weighted by molar-refractivity contribution is 7.89. The minimum atomic E-state index is -3.60. The number of carboxylic acids is 1. The highest BCUT2D eigenvalue weighted by Crippen LogP contribution is 2.19. The van der Waals surface area contributed by atoms with Crippen LogP contribution >= 0.6 is 0 Å². The van der Waals surface area contributed by atoms with E-state index in [1.54, 1.807) is 0 Å². The summed E-state index contributed by atoms with van der Waals surface area (Å²) in [7, 11) is -3.60. The molecular weight excluding hydrogens is 222 g/mol. The monoisotopic (exact) mass is 235 g/mol. The Balaban J connectivity index is 2.88. The number of carbonyl (C=O) groups excluding carboxylic acids is 1. The molecule has 1 atom stereocenters. The van der Waals surface area contributed by atoms with Crippen LogP contribution in [0.5, 0.6) is 0 Å². The molecule has 0 saturated carbocycles. The maximum Gasteiger partial charge on any atom is 0.305 e. The van der Waals surface area contributed by atoms with Crippen LogP contribution in [0, 0.1) is 0 Å². The highest BCUT2D eigenvalue weighted by Gasteiger charge is 2.35. The first-order valence-electron chi connectivity index (χ1n) is 4.61. The third-order valence-corrected chi connectivity index (χ3v) is 4.18. The molecule has 0 aromatic rings. The quantitative estimate of drug-likeness (QED) is 0.731. The number of hydrogen-bond acceptors (Lipinski definition) is 4. The SMILES string of the molecule is CC(CC(=O)O)N1C(=O)CCCS1(=O)=O. The molecule has 1 fully saturated rings. The molecule has 0 radical (unpaired) electrons. The van der Waals surface area contributed by atoms with Crippen molar-refractivity contribution >= 4 is 21.9 Å². The summed E-state index contributed by atoms with van der Waals surface area (Å²) in [6.07, 6.45) is 0.131. The number of carbonyl (C=O) groups is 2. The lowest BCUT2D eigenvalue weighted by Crippen LogP contribution is -2.47. The van der Waals surface area contributed by atoms with Gasteiger partial charge in [-0.2, -0.15) is 0 Å². The Hall–Kier alpha value is -1.11. The second-order valence-electron chi connectivity index (χ2n) is 3.56. The van der Waals surface area contributed by atoms with E-state index in [0.29, 0.717) is 10.7 Å². The summed E-state index contributed by atoms with van der Waals surface area (Å²) in [6, 6.07) is -0.805. The van der Waals surface area contributed by atoms with Gasteiger partial charge in [0.05, 0.1) is 18.2 Å². The second kappa shape index (κ2) is 4.18. The fourth-order valence-electron chi connectivity index (χ4n) is 1.63. The van der Waals surface area contributed by atoms with Crippen molar-refractivity contribution in [3.63, 3.8) is 0 Å². The highest BCUT2D eigenvalue weighted by atomic mass is 32.2. The molecule has 0 bridgehead atoms. The maximum atomic E-state index is 11.5. The number of carboxylic acid groups (broad SMARTS) is 1. The molecule has 1 heterocycles. The second-order valence-corrected chi connectivity index (χ2v) is 5.52. The Morgan fingerprint density at radius 3 is 2.67 bits per heavy atom. The lowest BCUT2D eigenvalue weighted by atomic mass is 10.2. The van der Waals surface area contributed by atoms with Gasteiger partial charge in [-0.15, -0.1) is 0 Å². The van der Waals surface area contributed by atoms with Gasteiger partial charge < -0.3 is 5.11 Å². The van der Waals surface area contributed by atoms with Crippen molar-refractivity contribution in [2.45, 2.75) is 32.2 Å². The zero-order valence-corrected chi connectivity index (χ0v) is 9.16. The normalized spacial score (nSPS) is 22.5. The van der Waals surface area contributed by atoms with Gasteiger partial charge in [-0.25, -0.2) is 12.7 Å². The van der Waals surface area contributed by atoms with E-state index in [-0.39, 0.29) is 18.6 Å². The molecule has 1 aliphatic rings. The van der Waals surface area contributed by atoms with Gasteiger partial charge in [-0.3, -0.25) is 9.59 Å². The molecule has 1 N–H and O–H groups in total. The van der Waals surface area contributed by atoms with E-state index in [0.717, 1.165) is 0 Å². The van der Waals surface area contributed by atoms with Gasteiger partial charge in [0.2, 0.25) is 15.9 Å². The summed E-state index contributed by atoms with van der Waals surface area (Å²) in [5.41, 5.74) is 0. The van der Waals surface area contributed by atoms with E-state index >= 15 is 0 Å². The van der Waals surface area contributed by atoms with E-state index in [1.807, 2.05) is 0 Å². The summed E-state index contributed by atoms with van der Waals surface area (Å²) in [4.78, 5) is 21.8. The van der Waals surface area contributed by atoms with Gasteiger partial charge in [-0.05, 0) is 13.3 Å². The number of amides is 1. The maximum absolute atomic E-state index is 11.5. The van der Waals surface area contributed by atoms with E-state index in [1.165, 1.54) is 6.92 Å². The van der Waals surface area contributed by atoms with Crippen molar-refractivity contribution in [2.24, 2.45) is 0 Å². The van der Waals surface area contributed by atoms with Crippen LogP contribution in [0.2, 0.25) is 0 Å². The first kappa shape index (κ1) is 12.0. The zero-order chi connectivity index (χ0) is 11.6. The summed E-state index contributed by atoms with van der Waals surface area (Å²) in [6.45, 7) is 1.43. The fourth-order valence-corrected chi connectivity index (χ4v) is 3.36. The molecule has 1 unspecified atom stereocenters. The molecule has 0 spiro atoms. The number of rotatable bonds is 3. The molecule has 1 aliphatic heterocycles. The van der Waals surface area contributed by atoms with Gasteiger partial charge in [0.15, 0.2) is 0 Å². The van der Waals surface area contributed by atoms with Gasteiger partial charge in [0.25, 0.3) is 0 Å². The largest absolute Gasteiger partial charge is 0.481 e. The smallest absolute Gasteiger partial charge is 0.305 e. The molecule has 0 aliphatic carbocycles. The zero-order valence-electron chi connectivity index (χ0n) is 8.34. The average Bonchev–Trinajstić information content (AvgIpc) is 1.99. The lowest BCUT2D eigenvalue weighted by Gasteiger charge is -2.30. The van der Waals surface area contributed by atoms with Crippen LogP contribution in [-0.4, -0.2) is 41.5 Å². The number of sulfonamides is 1. The summed E-state index contributed by atoms with van der Waals surface area (Å²) < 4.78 is 23.8. The van der Waals surface area contributed by atoms with E-state index in [4.69, 9.17) is 5.11 Å². The third-order valence-electron chi connectivity index (χ3n) is 2.21. The molecule has 1 saturated heterocycles. The number of nitrogens with zero attached hydrogens (tertiary/aromatic N) is 1. The van der Waals surface area contributed by atoms with E-state index in [2.05, 4.69) is 0 Å². The van der Waals surface area contributed by atoms with Crippen LogP contribution in [0.1, 0.15) is 26.2 Å². The first-order chi connectivity index (χ1) is 6.84. The molecule has 86 valence electrons. The Morgan fingerprint density at radius 1 is 1.60 bits per heavy atom. The van der Waals surface area contributed by atoms with Gasteiger partial charge in [-0.1, -0.05) is 0 Å². The van der Waals surface area contributed by atoms with Crippen molar-refractivity contribution in [1.29, 1.82) is 0 Å². The van der Waals surface area contributed by atoms with Gasteiger partial charge in [0, 0.05) is 6.42 Å². The predicted molar refractivity (Wildman–Crippen MR) is 51.6 cm³/mol. The van der Waals surface area contributed by atoms with Crippen LogP contribution in [-0.2, 0) is 19.6 Å². The Morgan fingerprint density at radius 2 is 2.20 bits per heavy atom. The number of aliphatic carboxylic acids is 1. The van der Waals surface area contributed by atoms with Crippen LogP contribution in [0.3, 0.4) is 0 Å². The van der Waals surface area contributed by atoms with Crippen molar-refractivity contribution in [3.05, 3.63) is 0 Å². The third kappa shape index (κ3) is 2.68. The summed E-state index contributed by atoms with van der Waals surface area (Å²) >= 11 is 0. The van der Waals surface area contributed by atoms with Crippen LogP contribution in [0.4, 0.5) is 0 Å².